The van der Waals surface area contributed by atoms with Crippen molar-refractivity contribution in [2.45, 2.75) is 30.8 Å². The lowest BCUT2D eigenvalue weighted by Crippen LogP contribution is -2.29. The zero-order valence-corrected chi connectivity index (χ0v) is 14.8. The molecule has 3 rings (SSSR count). The summed E-state index contributed by atoms with van der Waals surface area (Å²) in [5.74, 6) is -0.317. The molecule has 0 radical (unpaired) electrons. The summed E-state index contributed by atoms with van der Waals surface area (Å²) >= 11 is 1.35. The first-order chi connectivity index (χ1) is 12.4. The van der Waals surface area contributed by atoms with Crippen LogP contribution in [-0.2, 0) is 30.5 Å². The van der Waals surface area contributed by atoms with Gasteiger partial charge >= 0.3 is 6.18 Å². The van der Waals surface area contributed by atoms with E-state index in [1.54, 1.807) is 18.3 Å². The van der Waals surface area contributed by atoms with E-state index in [0.717, 1.165) is 0 Å². The van der Waals surface area contributed by atoms with E-state index in [9.17, 15) is 18.0 Å². The van der Waals surface area contributed by atoms with Crippen LogP contribution in [0.1, 0.15) is 27.3 Å². The van der Waals surface area contributed by atoms with E-state index >= 15 is 0 Å². The number of fused-ring (bicyclic) bond motifs is 1. The van der Waals surface area contributed by atoms with E-state index in [1.807, 2.05) is 6.26 Å². The van der Waals surface area contributed by atoms with Gasteiger partial charge in [0.05, 0.1) is 25.3 Å². The van der Waals surface area contributed by atoms with Gasteiger partial charge in [-0.25, -0.2) is 4.98 Å². The summed E-state index contributed by atoms with van der Waals surface area (Å²) in [4.78, 5) is 16.4. The lowest BCUT2D eigenvalue weighted by Gasteiger charge is -2.15. The summed E-state index contributed by atoms with van der Waals surface area (Å²) in [5, 5.41) is 7.02. The van der Waals surface area contributed by atoms with E-state index in [2.05, 4.69) is 15.4 Å². The molecule has 2 aromatic heterocycles. The number of amides is 1. The third kappa shape index (κ3) is 3.85. The second-order valence-corrected chi connectivity index (χ2v) is 6.41. The lowest BCUT2D eigenvalue weighted by atomic mass is 10.1. The Kier molecular flexibility index (Phi) is 5.52. The van der Waals surface area contributed by atoms with E-state index in [4.69, 9.17) is 4.74 Å². The van der Waals surface area contributed by atoms with Crippen molar-refractivity contribution in [1.29, 1.82) is 0 Å². The SMILES string of the molecule is CSc1ncccc1C(=O)NCCn1nc(C(F)(F)F)c2c1CCOC2. The minimum atomic E-state index is -4.53. The summed E-state index contributed by atoms with van der Waals surface area (Å²) in [6, 6.07) is 3.32. The molecule has 1 aliphatic rings. The highest BCUT2D eigenvalue weighted by Gasteiger charge is 2.39. The van der Waals surface area contributed by atoms with Gasteiger partial charge in [0, 0.05) is 30.4 Å². The summed E-state index contributed by atoms with van der Waals surface area (Å²) < 4.78 is 45.9. The maximum absolute atomic E-state index is 13.1. The normalized spacial score (nSPS) is 14.2. The van der Waals surface area contributed by atoms with Crippen LogP contribution in [0.5, 0.6) is 0 Å². The van der Waals surface area contributed by atoms with E-state index in [1.165, 1.54) is 16.4 Å². The van der Waals surface area contributed by atoms with Crippen molar-refractivity contribution < 1.29 is 22.7 Å². The highest BCUT2D eigenvalue weighted by Crippen LogP contribution is 2.34. The highest BCUT2D eigenvalue weighted by molar-refractivity contribution is 7.98. The molecular weight excluding hydrogens is 369 g/mol. The smallest absolute Gasteiger partial charge is 0.376 e. The Hall–Kier alpha value is -2.07. The number of hydrogen-bond acceptors (Lipinski definition) is 5. The number of thioether (sulfide) groups is 1. The minimum absolute atomic E-state index is 0.0898. The molecule has 0 bridgehead atoms. The zero-order valence-electron chi connectivity index (χ0n) is 14.0. The number of alkyl halides is 3. The number of halogens is 3. The molecule has 0 atom stereocenters. The van der Waals surface area contributed by atoms with Gasteiger partial charge in [-0.05, 0) is 18.4 Å². The van der Waals surface area contributed by atoms with E-state index < -0.39 is 11.9 Å². The summed E-state index contributed by atoms with van der Waals surface area (Å²) in [7, 11) is 0. The van der Waals surface area contributed by atoms with Crippen LogP contribution in [0, 0.1) is 0 Å². The van der Waals surface area contributed by atoms with Gasteiger partial charge in [-0.1, -0.05) is 0 Å². The average molecular weight is 386 g/mol. The standard InChI is InChI=1S/C16H17F3N4O2S/c1-26-15-10(3-2-5-21-15)14(24)20-6-7-23-12-4-8-25-9-11(12)13(22-23)16(17,18)19/h2-3,5H,4,6-9H2,1H3,(H,20,24). The number of carbonyl (C=O) groups is 1. The van der Waals surface area contributed by atoms with Gasteiger partial charge < -0.3 is 10.1 Å². The van der Waals surface area contributed by atoms with Crippen LogP contribution in [0.2, 0.25) is 0 Å². The van der Waals surface area contributed by atoms with E-state index in [0.29, 0.717) is 29.3 Å². The topological polar surface area (TPSA) is 69.0 Å². The molecule has 140 valence electrons. The molecule has 0 saturated heterocycles. The molecule has 0 fully saturated rings. The van der Waals surface area contributed by atoms with Crippen molar-refractivity contribution in [2.75, 3.05) is 19.4 Å². The van der Waals surface area contributed by atoms with Crippen LogP contribution in [0.25, 0.3) is 0 Å². The Bertz CT molecular complexity index is 807. The third-order valence-corrected chi connectivity index (χ3v) is 4.69. The van der Waals surface area contributed by atoms with Gasteiger partial charge in [0.25, 0.3) is 5.91 Å². The number of aromatic nitrogens is 3. The lowest BCUT2D eigenvalue weighted by molar-refractivity contribution is -0.142. The van der Waals surface area contributed by atoms with Gasteiger partial charge in [0.15, 0.2) is 5.69 Å². The average Bonchev–Trinajstić information content (AvgIpc) is 3.01. The first kappa shape index (κ1) is 18.7. The molecule has 0 aromatic carbocycles. The molecule has 0 aliphatic carbocycles. The van der Waals surface area contributed by atoms with Crippen molar-refractivity contribution in [3.63, 3.8) is 0 Å². The summed E-state index contributed by atoms with van der Waals surface area (Å²) in [6.45, 7) is 0.575. The number of rotatable bonds is 5. The molecule has 3 heterocycles. The Labute approximate surface area is 152 Å². The third-order valence-electron chi connectivity index (χ3n) is 3.98. The molecule has 26 heavy (non-hydrogen) atoms. The molecule has 0 spiro atoms. The van der Waals surface area contributed by atoms with Crippen LogP contribution < -0.4 is 5.32 Å². The maximum atomic E-state index is 13.1. The van der Waals surface area contributed by atoms with Crippen molar-refractivity contribution >= 4 is 17.7 Å². The monoisotopic (exact) mass is 386 g/mol. The number of hydrogen-bond donors (Lipinski definition) is 1. The first-order valence-corrected chi connectivity index (χ1v) is 9.15. The molecule has 6 nitrogen and oxygen atoms in total. The Morgan fingerprint density at radius 1 is 1.46 bits per heavy atom. The second-order valence-electron chi connectivity index (χ2n) is 5.61. The fourth-order valence-electron chi connectivity index (χ4n) is 2.82. The summed E-state index contributed by atoms with van der Waals surface area (Å²) in [6.07, 6.45) is -0.747. The molecule has 10 heteroatoms. The van der Waals surface area contributed by atoms with Crippen LogP contribution >= 0.6 is 11.8 Å². The molecule has 1 aliphatic heterocycles. The van der Waals surface area contributed by atoms with Crippen molar-refractivity contribution in [2.24, 2.45) is 0 Å². The molecule has 1 N–H and O–H groups in total. The maximum Gasteiger partial charge on any atom is 0.435 e. The molecule has 0 saturated carbocycles. The van der Waals surface area contributed by atoms with Gasteiger partial charge in [-0.2, -0.15) is 18.3 Å². The van der Waals surface area contributed by atoms with Crippen LogP contribution in [0.15, 0.2) is 23.4 Å². The van der Waals surface area contributed by atoms with Crippen LogP contribution in [0.3, 0.4) is 0 Å². The van der Waals surface area contributed by atoms with Gasteiger partial charge in [0.1, 0.15) is 5.03 Å². The molecular formula is C16H17F3N4O2S. The number of carbonyl (C=O) groups excluding carboxylic acids is 1. The molecule has 1 amide bonds. The second kappa shape index (κ2) is 7.67. The zero-order chi connectivity index (χ0) is 18.7. The number of nitrogens with zero attached hydrogens (tertiary/aromatic N) is 3. The Balaban J connectivity index is 1.70. The largest absolute Gasteiger partial charge is 0.435 e. The number of ether oxygens (including phenoxy) is 1. The van der Waals surface area contributed by atoms with Gasteiger partial charge in [-0.3, -0.25) is 9.48 Å². The number of pyridine rings is 1. The fraction of sp³-hybridized carbons (Fsp3) is 0.438. The van der Waals surface area contributed by atoms with Crippen LogP contribution in [-0.4, -0.2) is 40.1 Å². The van der Waals surface area contributed by atoms with E-state index in [-0.39, 0.29) is 31.2 Å². The Morgan fingerprint density at radius 2 is 2.27 bits per heavy atom. The van der Waals surface area contributed by atoms with Crippen molar-refractivity contribution in [1.82, 2.24) is 20.1 Å². The molecule has 2 aromatic rings. The minimum Gasteiger partial charge on any atom is -0.376 e. The predicted octanol–water partition coefficient (Wildman–Crippen LogP) is 2.52. The van der Waals surface area contributed by atoms with Crippen LogP contribution in [0.4, 0.5) is 13.2 Å². The van der Waals surface area contributed by atoms with Crippen molar-refractivity contribution in [3.8, 4) is 0 Å². The fourth-order valence-corrected chi connectivity index (χ4v) is 3.37. The first-order valence-electron chi connectivity index (χ1n) is 7.92. The predicted molar refractivity (Wildman–Crippen MR) is 88.9 cm³/mol. The van der Waals surface area contributed by atoms with Gasteiger partial charge in [-0.15, -0.1) is 11.8 Å². The molecule has 0 unspecified atom stereocenters. The quantitative estimate of drug-likeness (QED) is 0.800. The van der Waals surface area contributed by atoms with Gasteiger partial charge in [0.2, 0.25) is 0 Å². The number of nitrogens with one attached hydrogen (secondary N) is 1. The summed E-state index contributed by atoms with van der Waals surface area (Å²) in [5.41, 5.74) is 0.137. The highest BCUT2D eigenvalue weighted by atomic mass is 32.2. The Morgan fingerprint density at radius 3 is 3.00 bits per heavy atom. The van der Waals surface area contributed by atoms with Crippen molar-refractivity contribution in [3.05, 3.63) is 40.8 Å².